The highest BCUT2D eigenvalue weighted by atomic mass is 16.3. The van der Waals surface area contributed by atoms with Gasteiger partial charge in [0, 0.05) is 6.42 Å². The van der Waals surface area contributed by atoms with Crippen molar-refractivity contribution in [3.63, 3.8) is 0 Å². The van der Waals surface area contributed by atoms with E-state index in [2.05, 4.69) is 55.6 Å². The lowest BCUT2D eigenvalue weighted by Gasteiger charge is -2.26. The van der Waals surface area contributed by atoms with Crippen molar-refractivity contribution in [2.75, 3.05) is 6.61 Å². The first-order valence-corrected chi connectivity index (χ1v) is 17.8. The van der Waals surface area contributed by atoms with Crippen molar-refractivity contribution in [2.45, 2.75) is 186 Å². The molecular weight excluding hydrogens is 522 g/mol. The molecule has 1 amide bonds. The number of rotatable bonds is 31. The number of carbonyl (C=O) groups is 1. The molecule has 0 radical (unpaired) electrons. The monoisotopic (exact) mass is 592 g/mol. The Morgan fingerprint density at radius 2 is 1.02 bits per heavy atom. The second-order valence-electron chi connectivity index (χ2n) is 12.1. The van der Waals surface area contributed by atoms with E-state index >= 15 is 0 Å². The van der Waals surface area contributed by atoms with Crippen molar-refractivity contribution in [2.24, 2.45) is 0 Å². The van der Waals surface area contributed by atoms with Crippen LogP contribution < -0.4 is 5.32 Å². The average molecular weight is 592 g/mol. The summed E-state index contributed by atoms with van der Waals surface area (Å²) in [6.45, 7) is 4.10. The van der Waals surface area contributed by atoms with E-state index in [0.29, 0.717) is 12.8 Å². The second-order valence-corrected chi connectivity index (χ2v) is 12.1. The second kappa shape index (κ2) is 32.5. The summed E-state index contributed by atoms with van der Waals surface area (Å²) in [4.78, 5) is 12.3. The van der Waals surface area contributed by atoms with Crippen LogP contribution in [-0.2, 0) is 4.79 Å². The molecule has 0 aromatic rings. The van der Waals surface area contributed by atoms with Gasteiger partial charge in [0.1, 0.15) is 6.10 Å². The van der Waals surface area contributed by atoms with Crippen LogP contribution in [0.2, 0.25) is 0 Å². The summed E-state index contributed by atoms with van der Waals surface area (Å²) in [5.74, 6) is -0.169. The van der Waals surface area contributed by atoms with E-state index in [4.69, 9.17) is 0 Å². The van der Waals surface area contributed by atoms with Crippen LogP contribution in [0.4, 0.5) is 0 Å². The molecule has 246 valence electrons. The van der Waals surface area contributed by atoms with Gasteiger partial charge in [0.25, 0.3) is 0 Å². The molecular formula is C37H69NO4. The number of aliphatic hydroxyl groups excluding tert-OH is 3. The summed E-state index contributed by atoms with van der Waals surface area (Å²) in [7, 11) is 0. The van der Waals surface area contributed by atoms with E-state index in [1.165, 1.54) is 96.3 Å². The van der Waals surface area contributed by atoms with Gasteiger partial charge < -0.3 is 20.6 Å². The number of hydrogen-bond donors (Lipinski definition) is 4. The molecule has 0 bridgehead atoms. The molecule has 0 aliphatic rings. The smallest absolute Gasteiger partial charge is 0.220 e. The van der Waals surface area contributed by atoms with Gasteiger partial charge in [0.05, 0.1) is 18.8 Å². The van der Waals surface area contributed by atoms with E-state index < -0.39 is 18.2 Å². The number of amides is 1. The van der Waals surface area contributed by atoms with Crippen molar-refractivity contribution >= 4 is 5.91 Å². The number of allylic oxidation sites excluding steroid dienone is 6. The molecule has 3 atom stereocenters. The number of hydrogen-bond acceptors (Lipinski definition) is 4. The number of carbonyl (C=O) groups excluding carboxylic acids is 1. The van der Waals surface area contributed by atoms with Gasteiger partial charge in [-0.25, -0.2) is 0 Å². The van der Waals surface area contributed by atoms with Crippen LogP contribution in [0.5, 0.6) is 0 Å². The van der Waals surface area contributed by atoms with Gasteiger partial charge in [-0.05, 0) is 64.2 Å². The van der Waals surface area contributed by atoms with Crippen molar-refractivity contribution in [1.29, 1.82) is 0 Å². The molecule has 0 fully saturated rings. The van der Waals surface area contributed by atoms with E-state index in [1.807, 2.05) is 0 Å². The van der Waals surface area contributed by atoms with E-state index in [0.717, 1.165) is 44.9 Å². The maximum atomic E-state index is 12.3. The third kappa shape index (κ3) is 27.4. The van der Waals surface area contributed by atoms with Crippen LogP contribution in [0.1, 0.15) is 168 Å². The maximum absolute atomic E-state index is 12.3. The van der Waals surface area contributed by atoms with Crippen LogP contribution >= 0.6 is 0 Å². The number of unbranched alkanes of at least 4 members (excludes halogenated alkanes) is 18. The van der Waals surface area contributed by atoms with E-state index in [1.54, 1.807) is 0 Å². The third-order valence-electron chi connectivity index (χ3n) is 7.99. The third-order valence-corrected chi connectivity index (χ3v) is 7.99. The lowest BCUT2D eigenvalue weighted by Crippen LogP contribution is -2.50. The molecule has 5 nitrogen and oxygen atoms in total. The fourth-order valence-corrected chi connectivity index (χ4v) is 5.15. The Balaban J connectivity index is 3.79. The van der Waals surface area contributed by atoms with Gasteiger partial charge in [-0.15, -0.1) is 0 Å². The fourth-order valence-electron chi connectivity index (χ4n) is 5.15. The predicted octanol–water partition coefficient (Wildman–Crippen LogP) is 9.26. The Morgan fingerprint density at radius 1 is 0.595 bits per heavy atom. The molecule has 0 aliphatic heterocycles. The van der Waals surface area contributed by atoms with Gasteiger partial charge in [-0.2, -0.15) is 0 Å². The Bertz CT molecular complexity index is 660. The zero-order valence-electron chi connectivity index (χ0n) is 27.6. The first-order chi connectivity index (χ1) is 20.6. The summed E-state index contributed by atoms with van der Waals surface area (Å²) in [5.41, 5.74) is 0. The van der Waals surface area contributed by atoms with Crippen molar-refractivity contribution in [3.8, 4) is 0 Å². The number of aliphatic hydroxyl groups is 3. The fraction of sp³-hybridized carbons (Fsp3) is 0.811. The molecule has 0 saturated heterocycles. The molecule has 42 heavy (non-hydrogen) atoms. The molecule has 5 heteroatoms. The standard InChI is InChI=1S/C37H69NO4/c1-3-5-7-9-11-13-15-17-18-20-22-24-26-28-30-32-36(41)38-34(33-39)37(42)35(40)31-29-27-25-23-21-19-16-14-12-10-8-6-4-2/h11,13,15,17,23,25,34-35,37,39-40,42H,3-10,12,14,16,18-22,24,26-33H2,1-2H3,(H,38,41)/b13-11-,17-15-,25-23+. The van der Waals surface area contributed by atoms with Crippen LogP contribution in [0.25, 0.3) is 0 Å². The average Bonchev–Trinajstić information content (AvgIpc) is 2.99. The molecule has 0 aliphatic carbocycles. The van der Waals surface area contributed by atoms with Gasteiger partial charge in [0.15, 0.2) is 0 Å². The summed E-state index contributed by atoms with van der Waals surface area (Å²) in [5, 5.41) is 33.2. The zero-order valence-corrected chi connectivity index (χ0v) is 27.6. The lowest BCUT2D eigenvalue weighted by molar-refractivity contribution is -0.124. The molecule has 0 heterocycles. The van der Waals surface area contributed by atoms with Gasteiger partial charge >= 0.3 is 0 Å². The highest BCUT2D eigenvalue weighted by molar-refractivity contribution is 5.76. The number of nitrogens with one attached hydrogen (secondary N) is 1. The highest BCUT2D eigenvalue weighted by Gasteiger charge is 2.26. The minimum Gasteiger partial charge on any atom is -0.394 e. The Kier molecular flexibility index (Phi) is 31.4. The maximum Gasteiger partial charge on any atom is 0.220 e. The van der Waals surface area contributed by atoms with Crippen molar-refractivity contribution in [1.82, 2.24) is 5.32 Å². The molecule has 0 rings (SSSR count). The topological polar surface area (TPSA) is 89.8 Å². The summed E-state index contributed by atoms with van der Waals surface area (Å²) < 4.78 is 0. The van der Waals surface area contributed by atoms with Crippen molar-refractivity contribution in [3.05, 3.63) is 36.5 Å². The molecule has 3 unspecified atom stereocenters. The van der Waals surface area contributed by atoms with Crippen molar-refractivity contribution < 1.29 is 20.1 Å². The Labute approximate surface area is 260 Å². The molecule has 0 spiro atoms. The summed E-state index contributed by atoms with van der Waals surface area (Å²) >= 11 is 0. The molecule has 0 aromatic heterocycles. The summed E-state index contributed by atoms with van der Waals surface area (Å²) in [6.07, 6.45) is 38.0. The molecule has 4 N–H and O–H groups in total. The van der Waals surface area contributed by atoms with Gasteiger partial charge in [-0.1, -0.05) is 134 Å². The minimum absolute atomic E-state index is 0.169. The van der Waals surface area contributed by atoms with E-state index in [9.17, 15) is 20.1 Å². The first kappa shape index (κ1) is 40.6. The normalized spacial score (nSPS) is 14.3. The summed E-state index contributed by atoms with van der Waals surface area (Å²) in [6, 6.07) is -0.829. The Morgan fingerprint density at radius 3 is 1.57 bits per heavy atom. The van der Waals surface area contributed by atoms with Crippen LogP contribution in [-0.4, -0.2) is 46.1 Å². The van der Waals surface area contributed by atoms with Gasteiger partial charge in [0.2, 0.25) is 5.91 Å². The van der Waals surface area contributed by atoms with Gasteiger partial charge in [-0.3, -0.25) is 4.79 Å². The minimum atomic E-state index is -1.16. The quantitative estimate of drug-likeness (QED) is 0.0367. The Hall–Kier alpha value is -1.43. The van der Waals surface area contributed by atoms with E-state index in [-0.39, 0.29) is 12.5 Å². The lowest BCUT2D eigenvalue weighted by atomic mass is 10.0. The molecule has 0 saturated carbocycles. The van der Waals surface area contributed by atoms with Crippen LogP contribution in [0.3, 0.4) is 0 Å². The SMILES string of the molecule is CCCCC/C=C\C=C/CCCCCCCCC(=O)NC(CO)C(O)C(O)CCC/C=C/CCCCCCCCCC. The van der Waals surface area contributed by atoms with Crippen LogP contribution in [0.15, 0.2) is 36.5 Å². The molecule has 0 aromatic carbocycles. The highest BCUT2D eigenvalue weighted by Crippen LogP contribution is 2.13. The first-order valence-electron chi connectivity index (χ1n) is 17.8. The predicted molar refractivity (Wildman–Crippen MR) is 181 cm³/mol. The zero-order chi connectivity index (χ0) is 30.9. The van der Waals surface area contributed by atoms with Crippen LogP contribution in [0, 0.1) is 0 Å². The largest absolute Gasteiger partial charge is 0.394 e.